The number of allylic oxidation sites excluding steroid dienone is 1. The Morgan fingerprint density at radius 3 is 2.47 bits per heavy atom. The van der Waals surface area contributed by atoms with Crippen molar-refractivity contribution in [2.24, 2.45) is 0 Å². The second kappa shape index (κ2) is 11.1. The number of methoxy groups -OCH3 is 1. The fourth-order valence-corrected chi connectivity index (χ4v) is 3.62. The Morgan fingerprint density at radius 1 is 1.12 bits per heavy atom. The van der Waals surface area contributed by atoms with Crippen LogP contribution in [0.4, 0.5) is 5.69 Å². The number of anilines is 1. The minimum absolute atomic E-state index is 0.150. The van der Waals surface area contributed by atoms with Crippen LogP contribution in [0, 0.1) is 0 Å². The third-order valence-electron chi connectivity index (χ3n) is 4.39. The van der Waals surface area contributed by atoms with Gasteiger partial charge in [-0.3, -0.25) is 9.36 Å². The molecule has 3 rings (SSSR count). The zero-order valence-corrected chi connectivity index (χ0v) is 18.7. The fourth-order valence-electron chi connectivity index (χ4n) is 2.87. The van der Waals surface area contributed by atoms with Crippen molar-refractivity contribution in [2.45, 2.75) is 18.6 Å². The summed E-state index contributed by atoms with van der Waals surface area (Å²) in [4.78, 5) is 24.1. The topological polar surface area (TPSA) is 95.3 Å². The van der Waals surface area contributed by atoms with Gasteiger partial charge in [-0.15, -0.1) is 16.8 Å². The highest BCUT2D eigenvalue weighted by Crippen LogP contribution is 2.26. The summed E-state index contributed by atoms with van der Waals surface area (Å²) in [6.45, 7) is 6.37. The van der Waals surface area contributed by atoms with E-state index in [2.05, 4.69) is 22.1 Å². The highest BCUT2D eigenvalue weighted by atomic mass is 32.2. The maximum Gasteiger partial charge on any atom is 0.338 e. The molecule has 1 heterocycles. The molecule has 0 atom stereocenters. The van der Waals surface area contributed by atoms with Gasteiger partial charge in [0.05, 0.1) is 25.0 Å². The molecule has 1 amide bonds. The van der Waals surface area contributed by atoms with E-state index in [1.54, 1.807) is 44.4 Å². The predicted octanol–water partition coefficient (Wildman–Crippen LogP) is 4.05. The smallest absolute Gasteiger partial charge is 0.338 e. The van der Waals surface area contributed by atoms with Gasteiger partial charge >= 0.3 is 5.97 Å². The monoisotopic (exact) mass is 452 g/mol. The van der Waals surface area contributed by atoms with Crippen molar-refractivity contribution in [1.29, 1.82) is 0 Å². The lowest BCUT2D eigenvalue weighted by Crippen LogP contribution is -2.15. The van der Waals surface area contributed by atoms with Crippen LogP contribution in [0.5, 0.6) is 5.75 Å². The number of esters is 1. The van der Waals surface area contributed by atoms with Crippen molar-refractivity contribution in [2.75, 3.05) is 24.8 Å². The third-order valence-corrected chi connectivity index (χ3v) is 5.36. The standard InChI is InChI=1S/C23H24N4O4S/c1-4-14-27-21(16-8-12-19(30-3)13-9-16)25-26-23(27)32-15-20(28)24-18-10-6-17(7-11-18)22(29)31-5-2/h4,6-13H,1,5,14-15H2,2-3H3,(H,24,28). The summed E-state index contributed by atoms with van der Waals surface area (Å²) in [7, 11) is 1.61. The van der Waals surface area contributed by atoms with Gasteiger partial charge in [0.1, 0.15) is 5.75 Å². The van der Waals surface area contributed by atoms with Crippen molar-refractivity contribution in [3.05, 3.63) is 66.7 Å². The van der Waals surface area contributed by atoms with Gasteiger partial charge in [-0.1, -0.05) is 17.8 Å². The molecule has 1 N–H and O–H groups in total. The first-order chi connectivity index (χ1) is 15.5. The molecular weight excluding hydrogens is 428 g/mol. The summed E-state index contributed by atoms with van der Waals surface area (Å²) in [5, 5.41) is 12.0. The number of ether oxygens (including phenoxy) is 2. The van der Waals surface area contributed by atoms with Gasteiger partial charge in [-0.05, 0) is 55.5 Å². The Kier molecular flexibility index (Phi) is 8.04. The lowest BCUT2D eigenvalue weighted by Gasteiger charge is -2.09. The quantitative estimate of drug-likeness (QED) is 0.282. The van der Waals surface area contributed by atoms with Crippen LogP contribution in [0.2, 0.25) is 0 Å². The first-order valence-corrected chi connectivity index (χ1v) is 10.9. The zero-order chi connectivity index (χ0) is 22.9. The molecule has 9 heteroatoms. The van der Waals surface area contributed by atoms with Crippen LogP contribution in [0.1, 0.15) is 17.3 Å². The van der Waals surface area contributed by atoms with Crippen molar-refractivity contribution in [3.8, 4) is 17.1 Å². The Hall–Kier alpha value is -3.59. The number of aromatic nitrogens is 3. The molecule has 3 aromatic rings. The number of thioether (sulfide) groups is 1. The van der Waals surface area contributed by atoms with Gasteiger partial charge in [-0.25, -0.2) is 4.79 Å². The molecule has 0 aliphatic rings. The van der Waals surface area contributed by atoms with Crippen molar-refractivity contribution in [3.63, 3.8) is 0 Å². The molecule has 0 radical (unpaired) electrons. The number of hydrogen-bond donors (Lipinski definition) is 1. The average Bonchev–Trinajstić information content (AvgIpc) is 3.21. The molecule has 0 bridgehead atoms. The lowest BCUT2D eigenvalue weighted by atomic mass is 10.2. The van der Waals surface area contributed by atoms with E-state index in [0.29, 0.717) is 35.4 Å². The van der Waals surface area contributed by atoms with Crippen molar-refractivity contribution >= 4 is 29.3 Å². The summed E-state index contributed by atoms with van der Waals surface area (Å²) in [6, 6.07) is 14.1. The van der Waals surface area contributed by atoms with Crippen molar-refractivity contribution < 1.29 is 19.1 Å². The number of benzene rings is 2. The highest BCUT2D eigenvalue weighted by Gasteiger charge is 2.15. The van der Waals surface area contributed by atoms with E-state index in [4.69, 9.17) is 9.47 Å². The maximum atomic E-state index is 12.4. The van der Waals surface area contributed by atoms with Gasteiger partial charge in [0, 0.05) is 17.8 Å². The van der Waals surface area contributed by atoms with Gasteiger partial charge in [0.2, 0.25) is 5.91 Å². The van der Waals surface area contributed by atoms with Crippen LogP contribution in [0.15, 0.2) is 66.3 Å². The molecule has 0 aliphatic carbocycles. The second-order valence-electron chi connectivity index (χ2n) is 6.57. The van der Waals surface area contributed by atoms with E-state index < -0.39 is 5.97 Å². The largest absolute Gasteiger partial charge is 0.497 e. The van der Waals surface area contributed by atoms with Gasteiger partial charge in [-0.2, -0.15) is 0 Å². The first-order valence-electron chi connectivity index (χ1n) is 9.94. The second-order valence-corrected chi connectivity index (χ2v) is 7.51. The van der Waals surface area contributed by atoms with E-state index >= 15 is 0 Å². The normalized spacial score (nSPS) is 10.4. The molecule has 32 heavy (non-hydrogen) atoms. The summed E-state index contributed by atoms with van der Waals surface area (Å²) in [5.74, 6) is 1.00. The van der Waals surface area contributed by atoms with Crippen LogP contribution < -0.4 is 10.1 Å². The number of carbonyl (C=O) groups is 2. The zero-order valence-electron chi connectivity index (χ0n) is 17.9. The molecule has 0 fully saturated rings. The number of rotatable bonds is 10. The number of amides is 1. The summed E-state index contributed by atoms with van der Waals surface area (Å²) in [6.07, 6.45) is 1.76. The van der Waals surface area contributed by atoms with Crippen LogP contribution in [0.3, 0.4) is 0 Å². The molecular formula is C23H24N4O4S. The predicted molar refractivity (Wildman–Crippen MR) is 124 cm³/mol. The summed E-state index contributed by atoms with van der Waals surface area (Å²) >= 11 is 1.28. The molecule has 0 unspecified atom stereocenters. The Balaban J connectivity index is 1.64. The van der Waals surface area contributed by atoms with Crippen LogP contribution in [0.25, 0.3) is 11.4 Å². The minimum Gasteiger partial charge on any atom is -0.497 e. The van der Waals surface area contributed by atoms with E-state index in [1.807, 2.05) is 28.8 Å². The molecule has 8 nitrogen and oxygen atoms in total. The number of nitrogens with zero attached hydrogens (tertiary/aromatic N) is 3. The number of carbonyl (C=O) groups excluding carboxylic acids is 2. The van der Waals surface area contributed by atoms with Gasteiger partial charge in [0.25, 0.3) is 0 Å². The Morgan fingerprint density at radius 2 is 1.84 bits per heavy atom. The third kappa shape index (κ3) is 5.76. The van der Waals surface area contributed by atoms with E-state index in [-0.39, 0.29) is 11.7 Å². The van der Waals surface area contributed by atoms with E-state index in [1.165, 1.54) is 11.8 Å². The van der Waals surface area contributed by atoms with Crippen LogP contribution in [-0.2, 0) is 16.1 Å². The SMILES string of the molecule is C=CCn1c(SCC(=O)Nc2ccc(C(=O)OCC)cc2)nnc1-c1ccc(OC)cc1. The Labute approximate surface area is 190 Å². The maximum absolute atomic E-state index is 12.4. The van der Waals surface area contributed by atoms with Gasteiger partial charge in [0.15, 0.2) is 11.0 Å². The number of hydrogen-bond acceptors (Lipinski definition) is 7. The molecule has 166 valence electrons. The van der Waals surface area contributed by atoms with Crippen LogP contribution >= 0.6 is 11.8 Å². The molecule has 0 spiro atoms. The molecule has 0 saturated carbocycles. The fraction of sp³-hybridized carbons (Fsp3) is 0.217. The summed E-state index contributed by atoms with van der Waals surface area (Å²) in [5.41, 5.74) is 1.91. The molecule has 2 aromatic carbocycles. The molecule has 1 aromatic heterocycles. The summed E-state index contributed by atoms with van der Waals surface area (Å²) < 4.78 is 12.1. The lowest BCUT2D eigenvalue weighted by molar-refractivity contribution is -0.113. The molecule has 0 aliphatic heterocycles. The first kappa shape index (κ1) is 23.1. The number of nitrogens with one attached hydrogen (secondary N) is 1. The van der Waals surface area contributed by atoms with E-state index in [0.717, 1.165) is 11.3 Å². The molecule has 0 saturated heterocycles. The van der Waals surface area contributed by atoms with E-state index in [9.17, 15) is 9.59 Å². The van der Waals surface area contributed by atoms with Gasteiger partial charge < -0.3 is 14.8 Å². The van der Waals surface area contributed by atoms with Crippen molar-refractivity contribution in [1.82, 2.24) is 14.8 Å². The average molecular weight is 453 g/mol. The Bertz CT molecular complexity index is 1080. The highest BCUT2D eigenvalue weighted by molar-refractivity contribution is 7.99. The minimum atomic E-state index is -0.393. The van der Waals surface area contributed by atoms with Crippen LogP contribution in [-0.4, -0.2) is 46.1 Å².